The lowest BCUT2D eigenvalue weighted by molar-refractivity contribution is 0.146. The number of benzene rings is 1. The summed E-state index contributed by atoms with van der Waals surface area (Å²) in [6, 6.07) is 14.1. The molecule has 1 unspecified atom stereocenters. The van der Waals surface area contributed by atoms with E-state index >= 15 is 0 Å². The SMILES string of the molecule is CCNC(=NCc1coc(-c2ccccc2)n1)NCC(c1ccco1)N1CCCCC1.I. The van der Waals surface area contributed by atoms with Crippen LogP contribution in [0.4, 0.5) is 0 Å². The number of aliphatic imine (C=N–C) groups is 1. The van der Waals surface area contributed by atoms with Crippen LogP contribution in [0.15, 0.2) is 68.8 Å². The standard InChI is InChI=1S/C24H31N5O2.HI/c1-2-25-24(26-16-20-18-31-23(28-20)19-10-5-3-6-11-19)27-17-21(22-12-9-15-30-22)29-13-7-4-8-14-29;/h3,5-6,9-12,15,18,21H,2,4,7-8,13-14,16-17H2,1H3,(H2,25,26,27);1H. The molecule has 1 fully saturated rings. The van der Waals surface area contributed by atoms with E-state index < -0.39 is 0 Å². The Labute approximate surface area is 206 Å². The third-order valence-electron chi connectivity index (χ3n) is 5.48. The number of hydrogen-bond acceptors (Lipinski definition) is 5. The molecule has 7 nitrogen and oxygen atoms in total. The molecule has 8 heteroatoms. The van der Waals surface area contributed by atoms with E-state index in [1.54, 1.807) is 12.5 Å². The van der Waals surface area contributed by atoms with Gasteiger partial charge >= 0.3 is 0 Å². The molecule has 2 aromatic heterocycles. The topological polar surface area (TPSA) is 78.8 Å². The summed E-state index contributed by atoms with van der Waals surface area (Å²) in [5.74, 6) is 2.38. The van der Waals surface area contributed by atoms with E-state index in [4.69, 9.17) is 13.8 Å². The van der Waals surface area contributed by atoms with E-state index in [0.717, 1.165) is 49.2 Å². The number of rotatable bonds is 8. The van der Waals surface area contributed by atoms with Gasteiger partial charge in [-0.15, -0.1) is 24.0 Å². The normalized spacial score (nSPS) is 15.7. The molecule has 1 saturated heterocycles. The van der Waals surface area contributed by atoms with Gasteiger partial charge in [0.25, 0.3) is 0 Å². The lowest BCUT2D eigenvalue weighted by Crippen LogP contribution is -2.44. The lowest BCUT2D eigenvalue weighted by Gasteiger charge is -2.33. The summed E-state index contributed by atoms with van der Waals surface area (Å²) in [5.41, 5.74) is 1.76. The number of furan rings is 1. The third-order valence-corrected chi connectivity index (χ3v) is 5.48. The largest absolute Gasteiger partial charge is 0.468 e. The molecule has 1 aliphatic heterocycles. The maximum Gasteiger partial charge on any atom is 0.226 e. The predicted molar refractivity (Wildman–Crippen MR) is 137 cm³/mol. The van der Waals surface area contributed by atoms with Crippen molar-refractivity contribution in [1.29, 1.82) is 0 Å². The summed E-state index contributed by atoms with van der Waals surface area (Å²) in [7, 11) is 0. The first-order chi connectivity index (χ1) is 15.3. The molecule has 0 amide bonds. The van der Waals surface area contributed by atoms with Crippen molar-refractivity contribution in [3.8, 4) is 11.5 Å². The van der Waals surface area contributed by atoms with Crippen molar-refractivity contribution in [2.75, 3.05) is 26.2 Å². The summed E-state index contributed by atoms with van der Waals surface area (Å²) in [5, 5.41) is 6.82. The molecule has 0 aliphatic carbocycles. The molecular weight excluding hydrogens is 517 g/mol. The summed E-state index contributed by atoms with van der Waals surface area (Å²) in [6.07, 6.45) is 7.21. The van der Waals surface area contributed by atoms with E-state index in [1.807, 2.05) is 36.4 Å². The van der Waals surface area contributed by atoms with Crippen molar-refractivity contribution in [2.45, 2.75) is 38.8 Å². The van der Waals surface area contributed by atoms with Crippen molar-refractivity contribution in [1.82, 2.24) is 20.5 Å². The van der Waals surface area contributed by atoms with E-state index in [9.17, 15) is 0 Å². The van der Waals surface area contributed by atoms with Gasteiger partial charge in [-0.25, -0.2) is 9.98 Å². The quantitative estimate of drug-likeness (QED) is 0.238. The number of likely N-dealkylation sites (tertiary alicyclic amines) is 1. The summed E-state index contributed by atoms with van der Waals surface area (Å²) in [4.78, 5) is 11.8. The number of aromatic nitrogens is 1. The van der Waals surface area contributed by atoms with Crippen LogP contribution in [0.2, 0.25) is 0 Å². The number of halogens is 1. The Kier molecular flexibility index (Phi) is 9.61. The summed E-state index contributed by atoms with van der Waals surface area (Å²) >= 11 is 0. The monoisotopic (exact) mass is 549 g/mol. The number of oxazole rings is 1. The van der Waals surface area contributed by atoms with Gasteiger partial charge in [-0.1, -0.05) is 24.6 Å². The smallest absolute Gasteiger partial charge is 0.226 e. The molecule has 0 spiro atoms. The van der Waals surface area contributed by atoms with Crippen LogP contribution < -0.4 is 10.6 Å². The van der Waals surface area contributed by atoms with Crippen LogP contribution in [0, 0.1) is 0 Å². The zero-order valence-corrected chi connectivity index (χ0v) is 20.8. The van der Waals surface area contributed by atoms with E-state index in [0.29, 0.717) is 12.4 Å². The van der Waals surface area contributed by atoms with Gasteiger partial charge in [-0.2, -0.15) is 0 Å². The maximum atomic E-state index is 5.75. The molecule has 1 aliphatic rings. The van der Waals surface area contributed by atoms with Crippen LogP contribution in [0.1, 0.15) is 43.7 Å². The van der Waals surface area contributed by atoms with Crippen LogP contribution >= 0.6 is 24.0 Å². The second-order valence-electron chi connectivity index (χ2n) is 7.71. The van der Waals surface area contributed by atoms with E-state index in [-0.39, 0.29) is 30.0 Å². The van der Waals surface area contributed by atoms with Crippen LogP contribution in [-0.2, 0) is 6.54 Å². The Morgan fingerprint density at radius 1 is 1.06 bits per heavy atom. The van der Waals surface area contributed by atoms with Crippen LogP contribution in [-0.4, -0.2) is 42.0 Å². The zero-order valence-electron chi connectivity index (χ0n) is 18.5. The number of guanidine groups is 1. The first-order valence-corrected chi connectivity index (χ1v) is 11.1. The molecule has 3 heterocycles. The van der Waals surface area contributed by atoms with Crippen LogP contribution in [0.3, 0.4) is 0 Å². The Morgan fingerprint density at radius 3 is 2.59 bits per heavy atom. The van der Waals surface area contributed by atoms with Crippen LogP contribution in [0.25, 0.3) is 11.5 Å². The Hall–Kier alpha value is -2.33. The lowest BCUT2D eigenvalue weighted by atomic mass is 10.1. The van der Waals surface area contributed by atoms with Crippen molar-refractivity contribution < 1.29 is 8.83 Å². The van der Waals surface area contributed by atoms with Gasteiger partial charge in [-0.05, 0) is 57.1 Å². The fourth-order valence-corrected chi connectivity index (χ4v) is 3.91. The van der Waals surface area contributed by atoms with Crippen molar-refractivity contribution in [3.05, 3.63) is 66.4 Å². The minimum atomic E-state index is 0. The first-order valence-electron chi connectivity index (χ1n) is 11.1. The number of nitrogens with one attached hydrogen (secondary N) is 2. The maximum absolute atomic E-state index is 5.75. The highest BCUT2D eigenvalue weighted by atomic mass is 127. The van der Waals surface area contributed by atoms with Crippen molar-refractivity contribution in [2.24, 2.45) is 4.99 Å². The fraction of sp³-hybridized carbons (Fsp3) is 0.417. The third kappa shape index (κ3) is 6.59. The second-order valence-corrected chi connectivity index (χ2v) is 7.71. The van der Waals surface area contributed by atoms with Gasteiger partial charge < -0.3 is 19.5 Å². The van der Waals surface area contributed by atoms with Gasteiger partial charge in [0.15, 0.2) is 5.96 Å². The van der Waals surface area contributed by atoms with E-state index in [2.05, 4.69) is 33.5 Å². The zero-order chi connectivity index (χ0) is 21.3. The van der Waals surface area contributed by atoms with Gasteiger partial charge in [0, 0.05) is 18.7 Å². The van der Waals surface area contributed by atoms with Gasteiger partial charge in [-0.3, -0.25) is 4.90 Å². The average molecular weight is 549 g/mol. The average Bonchev–Trinajstić information content (AvgIpc) is 3.52. The molecule has 0 radical (unpaired) electrons. The summed E-state index contributed by atoms with van der Waals surface area (Å²) in [6.45, 7) is 6.22. The Morgan fingerprint density at radius 2 is 1.88 bits per heavy atom. The molecule has 3 aromatic rings. The molecule has 0 bridgehead atoms. The minimum Gasteiger partial charge on any atom is -0.468 e. The van der Waals surface area contributed by atoms with Gasteiger partial charge in [0.05, 0.1) is 18.8 Å². The number of nitrogens with zero attached hydrogens (tertiary/aromatic N) is 3. The molecule has 1 atom stereocenters. The predicted octanol–water partition coefficient (Wildman–Crippen LogP) is 4.83. The molecule has 2 N–H and O–H groups in total. The Balaban J connectivity index is 0.00000289. The van der Waals surface area contributed by atoms with Crippen molar-refractivity contribution >= 4 is 29.9 Å². The fourth-order valence-electron chi connectivity index (χ4n) is 3.91. The van der Waals surface area contributed by atoms with Gasteiger partial charge in [0.2, 0.25) is 5.89 Å². The van der Waals surface area contributed by atoms with E-state index in [1.165, 1.54) is 19.3 Å². The number of piperidine rings is 1. The molecular formula is C24H32IN5O2. The summed E-state index contributed by atoms with van der Waals surface area (Å²) < 4.78 is 11.4. The highest BCUT2D eigenvalue weighted by Gasteiger charge is 2.24. The molecule has 0 saturated carbocycles. The molecule has 172 valence electrons. The van der Waals surface area contributed by atoms with Crippen LogP contribution in [0.5, 0.6) is 0 Å². The molecule has 4 rings (SSSR count). The minimum absolute atomic E-state index is 0. The molecule has 32 heavy (non-hydrogen) atoms. The first kappa shape index (κ1) is 24.3. The second kappa shape index (κ2) is 12.6. The number of hydrogen-bond donors (Lipinski definition) is 2. The highest BCUT2D eigenvalue weighted by molar-refractivity contribution is 14.0. The highest BCUT2D eigenvalue weighted by Crippen LogP contribution is 2.24. The van der Waals surface area contributed by atoms with Crippen molar-refractivity contribution in [3.63, 3.8) is 0 Å². The Bertz CT molecular complexity index is 936. The van der Waals surface area contributed by atoms with Gasteiger partial charge in [0.1, 0.15) is 17.7 Å². The molecule has 1 aromatic carbocycles.